The fourth-order valence-electron chi connectivity index (χ4n) is 3.47. The van der Waals surface area contributed by atoms with Gasteiger partial charge in [0.1, 0.15) is 0 Å². The molecular weight excluding hydrogens is 504 g/mol. The van der Waals surface area contributed by atoms with Crippen LogP contribution >= 0.6 is 0 Å². The average Bonchev–Trinajstić information content (AvgIpc) is 3.32. The van der Waals surface area contributed by atoms with Gasteiger partial charge < -0.3 is 4.42 Å². The summed E-state index contributed by atoms with van der Waals surface area (Å²) in [4.78, 5) is 12.8. The Morgan fingerprint density at radius 2 is 1.53 bits per heavy atom. The molecule has 0 unspecified atom stereocenters. The largest absolute Gasteiger partial charge is 0.403 e. The third kappa shape index (κ3) is 6.56. The second-order valence-electron chi connectivity index (χ2n) is 8.27. The molecule has 0 aliphatic carbocycles. The van der Waals surface area contributed by atoms with Crippen molar-refractivity contribution in [3.63, 3.8) is 0 Å². The zero-order valence-electron chi connectivity index (χ0n) is 20.5. The Morgan fingerprint density at radius 1 is 0.917 bits per heavy atom. The predicted molar refractivity (Wildman–Crippen MR) is 136 cm³/mol. The van der Waals surface area contributed by atoms with Gasteiger partial charge >= 0.3 is 6.01 Å². The molecule has 0 aliphatic rings. The highest BCUT2D eigenvalue weighted by Gasteiger charge is 2.24. The van der Waals surface area contributed by atoms with Gasteiger partial charge in [-0.15, -0.1) is 5.10 Å². The molecule has 2 aromatic carbocycles. The Balaban J connectivity index is 1.76. The molecule has 0 aliphatic heterocycles. The molecule has 1 N–H and O–H groups in total. The fourth-order valence-corrected chi connectivity index (χ4v) is 5.86. The van der Waals surface area contributed by atoms with Gasteiger partial charge in [0.25, 0.3) is 11.8 Å². The summed E-state index contributed by atoms with van der Waals surface area (Å²) in [5.74, 6) is -0.647. The van der Waals surface area contributed by atoms with E-state index >= 15 is 0 Å². The Hall–Kier alpha value is -3.09. The van der Waals surface area contributed by atoms with Crippen molar-refractivity contribution in [2.45, 2.75) is 49.3 Å². The van der Waals surface area contributed by atoms with Crippen molar-refractivity contribution in [1.82, 2.24) is 14.5 Å². The number of carbonyl (C=O) groups is 1. The third-order valence-electron chi connectivity index (χ3n) is 5.44. The first-order valence-corrected chi connectivity index (χ1v) is 15.0. The minimum absolute atomic E-state index is 0.0234. The first kappa shape index (κ1) is 27.5. The van der Waals surface area contributed by atoms with Gasteiger partial charge in [-0.05, 0) is 49.2 Å². The van der Waals surface area contributed by atoms with Crippen molar-refractivity contribution >= 4 is 31.8 Å². The van der Waals surface area contributed by atoms with Crippen molar-refractivity contribution in [1.29, 1.82) is 0 Å². The van der Waals surface area contributed by atoms with Crippen molar-refractivity contribution in [2.75, 3.05) is 24.7 Å². The number of nitrogens with one attached hydrogen (secondary N) is 1. The number of rotatable bonds is 12. The Labute approximate surface area is 211 Å². The van der Waals surface area contributed by atoms with Crippen LogP contribution in [-0.4, -0.2) is 56.6 Å². The molecule has 0 atom stereocenters. The predicted octanol–water partition coefficient (Wildman–Crippen LogP) is 3.98. The fraction of sp³-hybridized carbons (Fsp3) is 0.375. The smallest absolute Gasteiger partial charge is 0.322 e. The van der Waals surface area contributed by atoms with E-state index in [-0.39, 0.29) is 32.8 Å². The summed E-state index contributed by atoms with van der Waals surface area (Å²) in [6.07, 6.45) is 4.37. The highest BCUT2D eigenvalue weighted by atomic mass is 32.2. The number of hydrogen-bond acceptors (Lipinski definition) is 8. The SMILES string of the molecule is CCCCN(CCCC)S(=O)(=O)c1ccc(C(=O)Nc2nnc(-c3ccccc3S(C)(=O)=O)o2)cc1. The van der Waals surface area contributed by atoms with E-state index in [1.807, 2.05) is 13.8 Å². The summed E-state index contributed by atoms with van der Waals surface area (Å²) in [5, 5.41) is 10.1. The van der Waals surface area contributed by atoms with Crippen LogP contribution in [0.15, 0.2) is 62.7 Å². The van der Waals surface area contributed by atoms with Crippen LogP contribution in [0.25, 0.3) is 11.5 Å². The minimum Gasteiger partial charge on any atom is -0.403 e. The lowest BCUT2D eigenvalue weighted by molar-refractivity contribution is 0.102. The second-order valence-corrected chi connectivity index (χ2v) is 12.2. The molecule has 1 aromatic heterocycles. The molecule has 194 valence electrons. The van der Waals surface area contributed by atoms with Crippen molar-refractivity contribution in [3.05, 3.63) is 54.1 Å². The molecule has 0 saturated carbocycles. The molecule has 0 radical (unpaired) electrons. The zero-order chi connectivity index (χ0) is 26.3. The monoisotopic (exact) mass is 534 g/mol. The molecule has 3 rings (SSSR count). The number of nitrogens with zero attached hydrogens (tertiary/aromatic N) is 3. The molecule has 10 nitrogen and oxygen atoms in total. The van der Waals surface area contributed by atoms with E-state index < -0.39 is 25.8 Å². The van der Waals surface area contributed by atoms with Crippen LogP contribution in [0, 0.1) is 0 Å². The van der Waals surface area contributed by atoms with Crippen molar-refractivity contribution < 1.29 is 26.0 Å². The van der Waals surface area contributed by atoms with Crippen LogP contribution in [0.3, 0.4) is 0 Å². The highest BCUT2D eigenvalue weighted by Crippen LogP contribution is 2.27. The molecule has 0 fully saturated rings. The van der Waals surface area contributed by atoms with Crippen LogP contribution in [-0.2, 0) is 19.9 Å². The van der Waals surface area contributed by atoms with E-state index in [9.17, 15) is 21.6 Å². The normalized spacial score (nSPS) is 12.1. The lowest BCUT2D eigenvalue weighted by Gasteiger charge is -2.22. The van der Waals surface area contributed by atoms with Crippen LogP contribution in [0.2, 0.25) is 0 Å². The number of benzene rings is 2. The van der Waals surface area contributed by atoms with Crippen LogP contribution in [0.5, 0.6) is 0 Å². The third-order valence-corrected chi connectivity index (χ3v) is 8.51. The summed E-state index contributed by atoms with van der Waals surface area (Å²) < 4.78 is 57.2. The number of carbonyl (C=O) groups excluding carboxylic acids is 1. The standard InChI is InChI=1S/C24H30N4O6S2/c1-4-6-16-28(17-7-5-2)36(32,33)19-14-12-18(13-15-19)22(29)25-24-27-26-23(34-24)20-10-8-9-11-21(20)35(3,30)31/h8-15H,4-7,16-17H2,1-3H3,(H,25,27,29). The van der Waals surface area contributed by atoms with Crippen LogP contribution in [0.4, 0.5) is 6.01 Å². The maximum Gasteiger partial charge on any atom is 0.322 e. The summed E-state index contributed by atoms with van der Waals surface area (Å²) >= 11 is 0. The topological polar surface area (TPSA) is 140 Å². The summed E-state index contributed by atoms with van der Waals surface area (Å²) in [6, 6.07) is 11.6. The molecule has 0 spiro atoms. The Kier molecular flexibility index (Phi) is 8.98. The van der Waals surface area contributed by atoms with Gasteiger partial charge in [0.2, 0.25) is 10.0 Å². The number of hydrogen-bond donors (Lipinski definition) is 1. The first-order valence-electron chi connectivity index (χ1n) is 11.6. The van der Waals surface area contributed by atoms with E-state index in [0.717, 1.165) is 31.9 Å². The van der Waals surface area contributed by atoms with Gasteiger partial charge in [-0.3, -0.25) is 10.1 Å². The van der Waals surface area contributed by atoms with Crippen LogP contribution in [0.1, 0.15) is 49.9 Å². The lowest BCUT2D eigenvalue weighted by atomic mass is 10.2. The number of unbranched alkanes of at least 4 members (excludes halogenated alkanes) is 2. The quantitative estimate of drug-likeness (QED) is 0.368. The van der Waals surface area contributed by atoms with Gasteiger partial charge in [-0.25, -0.2) is 16.8 Å². The van der Waals surface area contributed by atoms with Crippen molar-refractivity contribution in [3.8, 4) is 11.5 Å². The molecule has 1 amide bonds. The maximum atomic E-state index is 13.1. The second kappa shape index (κ2) is 11.8. The molecule has 12 heteroatoms. The molecule has 0 bridgehead atoms. The summed E-state index contributed by atoms with van der Waals surface area (Å²) in [6.45, 7) is 4.91. The van der Waals surface area contributed by atoms with E-state index in [2.05, 4.69) is 15.5 Å². The Bertz CT molecular complexity index is 1390. The van der Waals surface area contributed by atoms with Gasteiger partial charge in [-0.2, -0.15) is 4.31 Å². The van der Waals surface area contributed by atoms with Gasteiger partial charge in [0.15, 0.2) is 9.84 Å². The van der Waals surface area contributed by atoms with E-state index in [1.54, 1.807) is 12.1 Å². The van der Waals surface area contributed by atoms with Crippen molar-refractivity contribution in [2.24, 2.45) is 0 Å². The zero-order valence-corrected chi connectivity index (χ0v) is 22.1. The van der Waals surface area contributed by atoms with E-state index in [4.69, 9.17) is 4.42 Å². The number of anilines is 1. The van der Waals surface area contributed by atoms with Gasteiger partial charge in [0, 0.05) is 24.9 Å². The number of sulfone groups is 1. The average molecular weight is 535 g/mol. The molecule has 1 heterocycles. The van der Waals surface area contributed by atoms with Crippen LogP contribution < -0.4 is 5.32 Å². The molecule has 3 aromatic rings. The summed E-state index contributed by atoms with van der Waals surface area (Å²) in [5.41, 5.74) is 0.414. The molecule has 0 saturated heterocycles. The minimum atomic E-state index is -3.68. The van der Waals surface area contributed by atoms with E-state index in [1.165, 1.54) is 40.7 Å². The molecule has 36 heavy (non-hydrogen) atoms. The number of amides is 1. The lowest BCUT2D eigenvalue weighted by Crippen LogP contribution is -2.33. The molecular formula is C24H30N4O6S2. The number of aromatic nitrogens is 2. The Morgan fingerprint density at radius 3 is 2.11 bits per heavy atom. The first-order chi connectivity index (χ1) is 17.1. The van der Waals surface area contributed by atoms with E-state index in [0.29, 0.717) is 13.1 Å². The highest BCUT2D eigenvalue weighted by molar-refractivity contribution is 7.90. The summed E-state index contributed by atoms with van der Waals surface area (Å²) in [7, 11) is -7.22. The number of sulfonamides is 1. The van der Waals surface area contributed by atoms with Gasteiger partial charge in [-0.1, -0.05) is 43.9 Å². The van der Waals surface area contributed by atoms with Gasteiger partial charge in [0.05, 0.1) is 15.4 Å². The maximum absolute atomic E-state index is 13.1.